The number of nitrogens with zero attached hydrogens (tertiary/aromatic N) is 7. The Labute approximate surface area is 169 Å². The highest BCUT2D eigenvalue weighted by Crippen LogP contribution is 2.29. The summed E-state index contributed by atoms with van der Waals surface area (Å²) in [6.45, 7) is 7.38. The lowest BCUT2D eigenvalue weighted by Crippen LogP contribution is -2.34. The van der Waals surface area contributed by atoms with Crippen LogP contribution in [0.5, 0.6) is 0 Å². The average Bonchev–Trinajstić information content (AvgIpc) is 3.16. The van der Waals surface area contributed by atoms with E-state index >= 15 is 0 Å². The maximum atomic E-state index is 9.63. The number of nitrogen functional groups attached to an aromatic ring is 1. The fourth-order valence-electron chi connectivity index (χ4n) is 3.06. The highest BCUT2D eigenvalue weighted by Gasteiger charge is 2.21. The lowest BCUT2D eigenvalue weighted by molar-refractivity contribution is 0.123. The van der Waals surface area contributed by atoms with Crippen LogP contribution in [0.15, 0.2) is 18.6 Å². The minimum absolute atomic E-state index is 0.0189. The molecule has 10 nitrogen and oxygen atoms in total. The lowest BCUT2D eigenvalue weighted by atomic mass is 10.2. The summed E-state index contributed by atoms with van der Waals surface area (Å²) in [4.78, 5) is 19.9. The first kappa shape index (κ1) is 20.9. The fourth-order valence-corrected chi connectivity index (χ4v) is 3.06. The van der Waals surface area contributed by atoms with Crippen LogP contribution in [0.1, 0.15) is 33.2 Å². The first-order valence-corrected chi connectivity index (χ1v) is 9.70. The van der Waals surface area contributed by atoms with Gasteiger partial charge in [0.2, 0.25) is 11.9 Å². The fraction of sp³-hybridized carbons (Fsp3) is 0.526. The second kappa shape index (κ2) is 9.10. The van der Waals surface area contributed by atoms with Crippen LogP contribution in [0.2, 0.25) is 0 Å². The molecule has 2 atom stereocenters. The molecule has 0 aliphatic carbocycles. The molecule has 0 radical (unpaired) electrons. The van der Waals surface area contributed by atoms with Crippen molar-refractivity contribution in [2.24, 2.45) is 0 Å². The summed E-state index contributed by atoms with van der Waals surface area (Å²) in [6.07, 6.45) is 5.94. The number of fused-ring (bicyclic) bond motifs is 1. The summed E-state index contributed by atoms with van der Waals surface area (Å²) < 4.78 is 7.16. The molecule has 0 bridgehead atoms. The van der Waals surface area contributed by atoms with E-state index in [4.69, 9.17) is 20.4 Å². The van der Waals surface area contributed by atoms with Crippen molar-refractivity contribution in [3.63, 3.8) is 0 Å². The van der Waals surface area contributed by atoms with Gasteiger partial charge < -0.3 is 20.5 Å². The van der Waals surface area contributed by atoms with Gasteiger partial charge in [-0.05, 0) is 20.3 Å². The summed E-state index contributed by atoms with van der Waals surface area (Å²) in [5.74, 6) is 0.771. The molecule has 0 fully saturated rings. The van der Waals surface area contributed by atoms with Gasteiger partial charge in [0, 0.05) is 38.2 Å². The molecule has 0 saturated heterocycles. The number of hydrogen-bond acceptors (Lipinski definition) is 9. The zero-order valence-corrected chi connectivity index (χ0v) is 17.3. The largest absolute Gasteiger partial charge is 0.394 e. The number of nitrogens with two attached hydrogens (primary N) is 1. The van der Waals surface area contributed by atoms with Crippen molar-refractivity contribution < 1.29 is 9.84 Å². The van der Waals surface area contributed by atoms with Crippen molar-refractivity contribution in [1.82, 2.24) is 29.7 Å². The van der Waals surface area contributed by atoms with Crippen molar-refractivity contribution in [3.05, 3.63) is 18.6 Å². The van der Waals surface area contributed by atoms with E-state index in [1.165, 1.54) is 0 Å². The number of ether oxygens (including phenoxy) is 1. The van der Waals surface area contributed by atoms with Crippen LogP contribution in [0.25, 0.3) is 22.3 Å². The highest BCUT2D eigenvalue weighted by atomic mass is 16.5. The normalized spacial score (nSPS) is 13.6. The van der Waals surface area contributed by atoms with Crippen LogP contribution in [0, 0.1) is 0 Å². The van der Waals surface area contributed by atoms with Gasteiger partial charge in [0.25, 0.3) is 0 Å². The van der Waals surface area contributed by atoms with Crippen LogP contribution < -0.4 is 10.6 Å². The molecule has 0 amide bonds. The Balaban J connectivity index is 2.19. The number of aliphatic hydroxyl groups is 1. The van der Waals surface area contributed by atoms with E-state index in [9.17, 15) is 5.11 Å². The van der Waals surface area contributed by atoms with E-state index in [1.54, 1.807) is 30.4 Å². The standard InChI is InChI=1S/C19H28N8O2/c1-5-6-26(10-13(3)29-4)19-24-16(14-7-21-18(20)22-8-14)15-9-23-27(12(2)11-28)17(15)25-19/h7-9,12-13,28H,5-6,10-11H2,1-4H3,(H2,20,21,22). The molecule has 3 rings (SSSR count). The summed E-state index contributed by atoms with van der Waals surface area (Å²) in [6, 6.07) is -0.219. The van der Waals surface area contributed by atoms with Crippen LogP contribution in [-0.2, 0) is 4.74 Å². The SMILES string of the molecule is CCCN(CC(C)OC)c1nc(-c2cnc(N)nc2)c2cnn(C(C)CO)c2n1. The summed E-state index contributed by atoms with van der Waals surface area (Å²) >= 11 is 0. The Morgan fingerprint density at radius 1 is 1.21 bits per heavy atom. The molecule has 0 aromatic carbocycles. The van der Waals surface area contributed by atoms with Gasteiger partial charge in [0.05, 0.1) is 36.0 Å². The molecule has 0 aliphatic rings. The quantitative estimate of drug-likeness (QED) is 0.551. The highest BCUT2D eigenvalue weighted by molar-refractivity contribution is 5.91. The van der Waals surface area contributed by atoms with Crippen LogP contribution in [-0.4, -0.2) is 67.7 Å². The van der Waals surface area contributed by atoms with Gasteiger partial charge in [-0.15, -0.1) is 0 Å². The van der Waals surface area contributed by atoms with Gasteiger partial charge >= 0.3 is 0 Å². The topological polar surface area (TPSA) is 128 Å². The molecule has 3 aromatic heterocycles. The Morgan fingerprint density at radius 3 is 2.55 bits per heavy atom. The van der Waals surface area contributed by atoms with Crippen LogP contribution >= 0.6 is 0 Å². The molecule has 3 heterocycles. The Kier molecular flexibility index (Phi) is 6.55. The smallest absolute Gasteiger partial charge is 0.228 e. The molecular formula is C19H28N8O2. The predicted octanol–water partition coefficient (Wildman–Crippen LogP) is 1.67. The van der Waals surface area contributed by atoms with Gasteiger partial charge in [-0.1, -0.05) is 6.92 Å². The van der Waals surface area contributed by atoms with Crippen molar-refractivity contribution in [2.45, 2.75) is 39.3 Å². The van der Waals surface area contributed by atoms with Gasteiger partial charge in [-0.3, -0.25) is 0 Å². The number of methoxy groups -OCH3 is 1. The zero-order valence-electron chi connectivity index (χ0n) is 17.3. The summed E-state index contributed by atoms with van der Waals surface area (Å²) in [7, 11) is 1.69. The molecule has 29 heavy (non-hydrogen) atoms. The monoisotopic (exact) mass is 400 g/mol. The zero-order chi connectivity index (χ0) is 21.0. The third kappa shape index (κ3) is 4.43. The van der Waals surface area contributed by atoms with E-state index in [0.717, 1.165) is 23.9 Å². The number of anilines is 2. The van der Waals surface area contributed by atoms with Crippen LogP contribution in [0.4, 0.5) is 11.9 Å². The van der Waals surface area contributed by atoms with Gasteiger partial charge in [0.1, 0.15) is 0 Å². The minimum atomic E-state index is -0.219. The van der Waals surface area contributed by atoms with Gasteiger partial charge in [-0.25, -0.2) is 19.6 Å². The first-order chi connectivity index (χ1) is 14.0. The second-order valence-corrected chi connectivity index (χ2v) is 7.05. The number of hydrogen-bond donors (Lipinski definition) is 2. The van der Waals surface area contributed by atoms with Gasteiger partial charge in [-0.2, -0.15) is 10.1 Å². The molecule has 0 saturated carbocycles. The lowest BCUT2D eigenvalue weighted by Gasteiger charge is -2.25. The third-order valence-corrected chi connectivity index (χ3v) is 4.73. The van der Waals surface area contributed by atoms with Crippen molar-refractivity contribution in [3.8, 4) is 11.3 Å². The third-order valence-electron chi connectivity index (χ3n) is 4.73. The van der Waals surface area contributed by atoms with Crippen LogP contribution in [0.3, 0.4) is 0 Å². The first-order valence-electron chi connectivity index (χ1n) is 9.70. The molecule has 2 unspecified atom stereocenters. The van der Waals surface area contributed by atoms with E-state index in [0.29, 0.717) is 23.8 Å². The predicted molar refractivity (Wildman–Crippen MR) is 112 cm³/mol. The van der Waals surface area contributed by atoms with E-state index in [-0.39, 0.29) is 24.7 Å². The molecule has 3 N–H and O–H groups in total. The van der Waals surface area contributed by atoms with Crippen molar-refractivity contribution >= 4 is 22.9 Å². The Morgan fingerprint density at radius 2 is 1.93 bits per heavy atom. The summed E-state index contributed by atoms with van der Waals surface area (Å²) in [5, 5.41) is 14.8. The Bertz CT molecular complexity index is 943. The molecule has 3 aromatic rings. The summed E-state index contributed by atoms with van der Waals surface area (Å²) in [5.41, 5.74) is 7.69. The number of aromatic nitrogens is 6. The molecule has 10 heteroatoms. The molecular weight excluding hydrogens is 372 g/mol. The maximum absolute atomic E-state index is 9.63. The van der Waals surface area contributed by atoms with Gasteiger partial charge in [0.15, 0.2) is 5.65 Å². The average molecular weight is 400 g/mol. The molecule has 0 spiro atoms. The van der Waals surface area contributed by atoms with Crippen molar-refractivity contribution in [1.29, 1.82) is 0 Å². The second-order valence-electron chi connectivity index (χ2n) is 7.05. The number of aliphatic hydroxyl groups excluding tert-OH is 1. The van der Waals surface area contributed by atoms with Crippen molar-refractivity contribution in [2.75, 3.05) is 37.4 Å². The molecule has 156 valence electrons. The van der Waals surface area contributed by atoms with E-state index in [2.05, 4.69) is 26.9 Å². The van der Waals surface area contributed by atoms with E-state index < -0.39 is 0 Å². The molecule has 0 aliphatic heterocycles. The Hall–Kier alpha value is -2.85. The van der Waals surface area contributed by atoms with E-state index in [1.807, 2.05) is 13.8 Å². The maximum Gasteiger partial charge on any atom is 0.228 e. The minimum Gasteiger partial charge on any atom is -0.394 e. The number of rotatable bonds is 9.